The minimum Gasteiger partial charge on any atom is -0.390 e. The lowest BCUT2D eigenvalue weighted by atomic mass is 9.92. The summed E-state index contributed by atoms with van der Waals surface area (Å²) in [6.07, 6.45) is -0.128. The van der Waals surface area contributed by atoms with Crippen molar-refractivity contribution in [3.8, 4) is 0 Å². The molecule has 0 N–H and O–H groups in total. The Labute approximate surface area is 139 Å². The molecule has 0 aromatic heterocycles. The minimum absolute atomic E-state index is 0.0589. The van der Waals surface area contributed by atoms with Gasteiger partial charge in [0.1, 0.15) is 5.82 Å². The van der Waals surface area contributed by atoms with Crippen LogP contribution in [-0.2, 0) is 4.84 Å². The predicted octanol–water partition coefficient (Wildman–Crippen LogP) is 3.01. The smallest absolute Gasteiger partial charge is 0.254 e. The molecular weight excluding hydrogens is 307 g/mol. The lowest BCUT2D eigenvalue weighted by molar-refractivity contribution is 0.0631. The molecule has 2 heterocycles. The van der Waals surface area contributed by atoms with Crippen LogP contribution >= 0.6 is 0 Å². The van der Waals surface area contributed by atoms with Gasteiger partial charge in [-0.25, -0.2) is 4.39 Å². The Morgan fingerprint density at radius 1 is 1.21 bits per heavy atom. The Balaban J connectivity index is 1.56. The summed E-state index contributed by atoms with van der Waals surface area (Å²) in [6.45, 7) is 3.04. The first-order valence-corrected chi connectivity index (χ1v) is 7.98. The second kappa shape index (κ2) is 5.74. The molecule has 1 saturated heterocycles. The lowest BCUT2D eigenvalue weighted by Gasteiger charge is -2.17. The van der Waals surface area contributed by atoms with Gasteiger partial charge in [0.2, 0.25) is 0 Å². The van der Waals surface area contributed by atoms with Crippen LogP contribution in [0, 0.1) is 18.7 Å². The summed E-state index contributed by atoms with van der Waals surface area (Å²) in [5, 5.41) is 4.25. The van der Waals surface area contributed by atoms with Crippen molar-refractivity contribution in [1.82, 2.24) is 4.90 Å². The number of amides is 1. The van der Waals surface area contributed by atoms with Crippen LogP contribution in [-0.4, -0.2) is 35.7 Å². The van der Waals surface area contributed by atoms with Crippen LogP contribution in [0.2, 0.25) is 0 Å². The molecule has 2 atom stereocenters. The van der Waals surface area contributed by atoms with E-state index >= 15 is 0 Å². The van der Waals surface area contributed by atoms with Gasteiger partial charge in [-0.1, -0.05) is 35.5 Å². The Bertz CT molecular complexity index is 834. The zero-order chi connectivity index (χ0) is 16.7. The van der Waals surface area contributed by atoms with Crippen molar-refractivity contribution in [2.75, 3.05) is 13.1 Å². The molecule has 0 bridgehead atoms. The number of carbonyl (C=O) groups is 1. The van der Waals surface area contributed by atoms with E-state index < -0.39 is 5.82 Å². The summed E-state index contributed by atoms with van der Waals surface area (Å²) < 4.78 is 13.4. The average molecular weight is 324 g/mol. The van der Waals surface area contributed by atoms with Gasteiger partial charge in [0, 0.05) is 17.7 Å². The maximum atomic E-state index is 13.4. The Morgan fingerprint density at radius 3 is 2.83 bits per heavy atom. The maximum absolute atomic E-state index is 13.4. The van der Waals surface area contributed by atoms with E-state index in [0.717, 1.165) is 16.8 Å². The minimum atomic E-state index is -0.404. The number of hydrogen-bond donors (Lipinski definition) is 0. The number of fused-ring (bicyclic) bond motifs is 1. The summed E-state index contributed by atoms with van der Waals surface area (Å²) in [5.74, 6) is -0.515. The zero-order valence-electron chi connectivity index (χ0n) is 13.3. The summed E-state index contributed by atoms with van der Waals surface area (Å²) >= 11 is 0. The molecule has 24 heavy (non-hydrogen) atoms. The van der Waals surface area contributed by atoms with Crippen molar-refractivity contribution in [2.24, 2.45) is 11.1 Å². The zero-order valence-corrected chi connectivity index (χ0v) is 13.3. The van der Waals surface area contributed by atoms with E-state index in [-0.39, 0.29) is 17.9 Å². The average Bonchev–Trinajstić information content (AvgIpc) is 3.15. The third-order valence-electron chi connectivity index (χ3n) is 4.68. The summed E-state index contributed by atoms with van der Waals surface area (Å²) in [7, 11) is 0. The highest BCUT2D eigenvalue weighted by Crippen LogP contribution is 2.31. The molecule has 2 aromatic carbocycles. The third-order valence-corrected chi connectivity index (χ3v) is 4.68. The molecule has 2 aromatic rings. The van der Waals surface area contributed by atoms with Gasteiger partial charge < -0.3 is 9.74 Å². The lowest BCUT2D eigenvalue weighted by Crippen LogP contribution is -2.30. The molecule has 2 aliphatic rings. The third kappa shape index (κ3) is 2.46. The van der Waals surface area contributed by atoms with Crippen LogP contribution in [0.4, 0.5) is 4.39 Å². The summed E-state index contributed by atoms with van der Waals surface area (Å²) in [5.41, 5.74) is 3.46. The monoisotopic (exact) mass is 324 g/mol. The summed E-state index contributed by atoms with van der Waals surface area (Å²) in [6, 6.07) is 13.8. The van der Waals surface area contributed by atoms with Gasteiger partial charge in [-0.15, -0.1) is 0 Å². The molecule has 122 valence electrons. The molecule has 0 radical (unpaired) electrons. The number of aryl methyl sites for hydroxylation is 1. The van der Waals surface area contributed by atoms with Gasteiger partial charge in [-0.05, 0) is 30.7 Å². The number of halogens is 1. The van der Waals surface area contributed by atoms with E-state index in [2.05, 4.69) is 5.16 Å². The highest BCUT2D eigenvalue weighted by molar-refractivity contribution is 6.05. The Hall–Kier alpha value is -2.69. The molecule has 1 fully saturated rings. The van der Waals surface area contributed by atoms with Crippen molar-refractivity contribution in [2.45, 2.75) is 13.0 Å². The van der Waals surface area contributed by atoms with Gasteiger partial charge in [-0.3, -0.25) is 4.79 Å². The highest BCUT2D eigenvalue weighted by Gasteiger charge is 2.44. The van der Waals surface area contributed by atoms with Crippen LogP contribution < -0.4 is 0 Å². The molecule has 2 unspecified atom stereocenters. The molecule has 5 heteroatoms. The van der Waals surface area contributed by atoms with E-state index in [1.165, 1.54) is 12.1 Å². The number of benzene rings is 2. The fourth-order valence-electron chi connectivity index (χ4n) is 3.41. The second-order valence-corrected chi connectivity index (χ2v) is 6.26. The Kier molecular flexibility index (Phi) is 3.56. The van der Waals surface area contributed by atoms with Crippen LogP contribution in [0.25, 0.3) is 0 Å². The first-order valence-electron chi connectivity index (χ1n) is 7.98. The maximum Gasteiger partial charge on any atom is 0.254 e. The van der Waals surface area contributed by atoms with Crippen molar-refractivity contribution in [1.29, 1.82) is 0 Å². The quantitative estimate of drug-likeness (QED) is 0.852. The van der Waals surface area contributed by atoms with Gasteiger partial charge in [0.05, 0.1) is 18.2 Å². The normalized spacial score (nSPS) is 22.1. The fraction of sp³-hybridized carbons (Fsp3) is 0.263. The van der Waals surface area contributed by atoms with Crippen LogP contribution in [0.1, 0.15) is 21.5 Å². The van der Waals surface area contributed by atoms with Crippen LogP contribution in [0.3, 0.4) is 0 Å². The molecule has 1 amide bonds. The molecule has 0 spiro atoms. The van der Waals surface area contributed by atoms with Crippen molar-refractivity contribution >= 4 is 11.6 Å². The highest BCUT2D eigenvalue weighted by atomic mass is 19.1. The van der Waals surface area contributed by atoms with E-state index in [0.29, 0.717) is 18.7 Å². The molecule has 2 aliphatic heterocycles. The number of likely N-dealkylation sites (tertiary alicyclic amines) is 1. The van der Waals surface area contributed by atoms with E-state index in [1.54, 1.807) is 17.0 Å². The SMILES string of the molecule is Cc1ccccc1C1=NOC2CN(C(=O)c3cccc(F)c3)CC12. The largest absolute Gasteiger partial charge is 0.390 e. The number of carbonyl (C=O) groups excluding carboxylic acids is 1. The topological polar surface area (TPSA) is 41.9 Å². The Morgan fingerprint density at radius 2 is 2.04 bits per heavy atom. The molecule has 4 rings (SSSR count). The number of nitrogens with zero attached hydrogens (tertiary/aromatic N) is 2. The summed E-state index contributed by atoms with van der Waals surface area (Å²) in [4.78, 5) is 19.9. The number of rotatable bonds is 2. The van der Waals surface area contributed by atoms with E-state index in [1.807, 2.05) is 31.2 Å². The van der Waals surface area contributed by atoms with Crippen molar-refractivity contribution in [3.05, 3.63) is 71.0 Å². The van der Waals surface area contributed by atoms with Crippen molar-refractivity contribution in [3.63, 3.8) is 0 Å². The first kappa shape index (κ1) is 14.9. The standard InChI is InChI=1S/C19H17FN2O2/c1-12-5-2-3-8-15(12)18-16-10-22(11-17(16)24-21-18)19(23)13-6-4-7-14(20)9-13/h2-9,16-17H,10-11H2,1H3. The van der Waals surface area contributed by atoms with Gasteiger partial charge >= 0.3 is 0 Å². The van der Waals surface area contributed by atoms with Crippen LogP contribution in [0.5, 0.6) is 0 Å². The van der Waals surface area contributed by atoms with E-state index in [9.17, 15) is 9.18 Å². The van der Waals surface area contributed by atoms with Crippen molar-refractivity contribution < 1.29 is 14.0 Å². The molecule has 0 aliphatic carbocycles. The molecular formula is C19H17FN2O2. The fourth-order valence-corrected chi connectivity index (χ4v) is 3.41. The van der Waals surface area contributed by atoms with Gasteiger partial charge in [-0.2, -0.15) is 0 Å². The first-order chi connectivity index (χ1) is 11.6. The molecule has 4 nitrogen and oxygen atoms in total. The van der Waals surface area contributed by atoms with Gasteiger partial charge in [0.25, 0.3) is 5.91 Å². The molecule has 0 saturated carbocycles. The van der Waals surface area contributed by atoms with Crippen LogP contribution in [0.15, 0.2) is 53.7 Å². The number of oxime groups is 1. The van der Waals surface area contributed by atoms with E-state index in [4.69, 9.17) is 4.84 Å². The number of hydrogen-bond acceptors (Lipinski definition) is 3. The predicted molar refractivity (Wildman–Crippen MR) is 88.4 cm³/mol. The van der Waals surface area contributed by atoms with Gasteiger partial charge in [0.15, 0.2) is 6.10 Å². The second-order valence-electron chi connectivity index (χ2n) is 6.26.